The molecule has 0 aromatic carbocycles. The van der Waals surface area contributed by atoms with Crippen molar-refractivity contribution in [1.29, 1.82) is 0 Å². The highest BCUT2D eigenvalue weighted by molar-refractivity contribution is 6.07. The number of piperazine rings is 1. The van der Waals surface area contributed by atoms with Gasteiger partial charge in [0.25, 0.3) is 5.91 Å². The Morgan fingerprint density at radius 1 is 1.04 bits per heavy atom. The number of rotatable bonds is 4. The van der Waals surface area contributed by atoms with Gasteiger partial charge in [0.2, 0.25) is 5.91 Å². The smallest absolute Gasteiger partial charge is 0.325 e. The summed E-state index contributed by atoms with van der Waals surface area (Å²) in [5, 5.41) is 2.90. The van der Waals surface area contributed by atoms with Crippen molar-refractivity contribution in [2.75, 3.05) is 32.7 Å². The average molecular weight is 348 g/mol. The zero-order chi connectivity index (χ0) is 17.4. The van der Waals surface area contributed by atoms with Gasteiger partial charge in [-0.1, -0.05) is 19.3 Å². The monoisotopic (exact) mass is 348 g/mol. The lowest BCUT2D eigenvalue weighted by Crippen LogP contribution is -2.50. The van der Waals surface area contributed by atoms with E-state index in [-0.39, 0.29) is 30.8 Å². The first-order chi connectivity index (χ1) is 12.1. The van der Waals surface area contributed by atoms with E-state index in [9.17, 15) is 14.4 Å². The number of carbonyl (C=O) groups excluding carboxylic acids is 3. The van der Waals surface area contributed by atoms with Gasteiger partial charge in [0.05, 0.1) is 0 Å². The molecule has 4 rings (SSSR count). The summed E-state index contributed by atoms with van der Waals surface area (Å²) in [5.41, 5.74) is -0.686. The SMILES string of the molecule is O=C(CCN1C(=O)NC2(CCCCC2)C1=O)N1CCN(C2CC2)CC1. The zero-order valence-electron chi connectivity index (χ0n) is 14.8. The minimum Gasteiger partial charge on any atom is -0.340 e. The van der Waals surface area contributed by atoms with E-state index >= 15 is 0 Å². The van der Waals surface area contributed by atoms with Crippen molar-refractivity contribution >= 4 is 17.8 Å². The molecule has 2 saturated heterocycles. The Morgan fingerprint density at radius 3 is 2.36 bits per heavy atom. The second-order valence-corrected chi connectivity index (χ2v) is 7.93. The van der Waals surface area contributed by atoms with Crippen molar-refractivity contribution in [3.8, 4) is 0 Å². The fourth-order valence-electron chi connectivity index (χ4n) is 4.52. The lowest BCUT2D eigenvalue weighted by molar-refractivity contribution is -0.135. The topological polar surface area (TPSA) is 73.0 Å². The number of amides is 4. The molecule has 2 saturated carbocycles. The second kappa shape index (κ2) is 6.59. The van der Waals surface area contributed by atoms with Gasteiger partial charge in [0.1, 0.15) is 5.54 Å². The minimum atomic E-state index is -0.686. The molecule has 0 bridgehead atoms. The molecule has 0 radical (unpaired) electrons. The highest BCUT2D eigenvalue weighted by atomic mass is 16.2. The van der Waals surface area contributed by atoms with E-state index in [0.717, 1.165) is 64.3 Å². The Morgan fingerprint density at radius 2 is 1.72 bits per heavy atom. The third-order valence-electron chi connectivity index (χ3n) is 6.23. The second-order valence-electron chi connectivity index (χ2n) is 7.93. The number of imide groups is 1. The van der Waals surface area contributed by atoms with Gasteiger partial charge in [-0.2, -0.15) is 0 Å². The maximum Gasteiger partial charge on any atom is 0.325 e. The first-order valence-corrected chi connectivity index (χ1v) is 9.75. The number of hydrogen-bond acceptors (Lipinski definition) is 4. The molecule has 138 valence electrons. The Balaban J connectivity index is 1.28. The van der Waals surface area contributed by atoms with E-state index in [0.29, 0.717) is 0 Å². The molecule has 7 nitrogen and oxygen atoms in total. The molecule has 4 fully saturated rings. The quantitative estimate of drug-likeness (QED) is 0.768. The molecule has 4 aliphatic rings. The van der Waals surface area contributed by atoms with Gasteiger partial charge in [-0.15, -0.1) is 0 Å². The molecule has 0 unspecified atom stereocenters. The predicted octanol–water partition coefficient (Wildman–Crippen LogP) is 0.938. The van der Waals surface area contributed by atoms with Crippen LogP contribution in [0.4, 0.5) is 4.79 Å². The highest BCUT2D eigenvalue weighted by Gasteiger charge is 2.51. The van der Waals surface area contributed by atoms with Crippen molar-refractivity contribution < 1.29 is 14.4 Å². The van der Waals surface area contributed by atoms with Crippen LogP contribution >= 0.6 is 0 Å². The van der Waals surface area contributed by atoms with Crippen LogP contribution in [0, 0.1) is 0 Å². The standard InChI is InChI=1S/C18H28N4O3/c23-15(21-12-10-20(11-13-21)14-4-5-14)6-9-22-16(24)18(19-17(22)25)7-2-1-3-8-18/h14H,1-13H2,(H,19,25). The van der Waals surface area contributed by atoms with E-state index in [2.05, 4.69) is 10.2 Å². The molecule has 1 spiro atoms. The molecular formula is C18H28N4O3. The van der Waals surface area contributed by atoms with Crippen molar-refractivity contribution in [3.05, 3.63) is 0 Å². The van der Waals surface area contributed by atoms with Gasteiger partial charge in [-0.05, 0) is 25.7 Å². The van der Waals surface area contributed by atoms with Gasteiger partial charge in [0.15, 0.2) is 0 Å². The van der Waals surface area contributed by atoms with Crippen LogP contribution in [-0.2, 0) is 9.59 Å². The molecule has 0 aromatic rings. The van der Waals surface area contributed by atoms with Gasteiger partial charge in [-0.25, -0.2) is 4.79 Å². The van der Waals surface area contributed by atoms with Crippen LogP contribution in [0.15, 0.2) is 0 Å². The first kappa shape index (κ1) is 16.8. The summed E-state index contributed by atoms with van der Waals surface area (Å²) in [7, 11) is 0. The zero-order valence-corrected chi connectivity index (χ0v) is 14.8. The maximum atomic E-state index is 12.7. The fourth-order valence-corrected chi connectivity index (χ4v) is 4.52. The Bertz CT molecular complexity index is 561. The number of hydrogen-bond donors (Lipinski definition) is 1. The van der Waals surface area contributed by atoms with Crippen molar-refractivity contribution in [2.45, 2.75) is 62.9 Å². The molecule has 0 aromatic heterocycles. The van der Waals surface area contributed by atoms with E-state index in [1.807, 2.05) is 4.90 Å². The number of carbonyl (C=O) groups is 3. The molecule has 0 atom stereocenters. The maximum absolute atomic E-state index is 12.7. The summed E-state index contributed by atoms with van der Waals surface area (Å²) in [5.74, 6) is -0.0656. The van der Waals surface area contributed by atoms with Crippen molar-refractivity contribution in [2.24, 2.45) is 0 Å². The molecule has 2 aliphatic heterocycles. The van der Waals surface area contributed by atoms with Gasteiger partial charge < -0.3 is 10.2 Å². The van der Waals surface area contributed by atoms with E-state index in [1.165, 1.54) is 17.7 Å². The van der Waals surface area contributed by atoms with E-state index in [1.54, 1.807) is 0 Å². The van der Waals surface area contributed by atoms with Crippen molar-refractivity contribution in [1.82, 2.24) is 20.0 Å². The third-order valence-corrected chi connectivity index (χ3v) is 6.23. The van der Waals surface area contributed by atoms with Crippen LogP contribution < -0.4 is 5.32 Å². The van der Waals surface area contributed by atoms with Gasteiger partial charge in [0, 0.05) is 45.2 Å². The van der Waals surface area contributed by atoms with Crippen LogP contribution in [-0.4, -0.2) is 76.8 Å². The lowest BCUT2D eigenvalue weighted by atomic mass is 9.82. The van der Waals surface area contributed by atoms with Crippen LogP contribution in [0.3, 0.4) is 0 Å². The summed E-state index contributed by atoms with van der Waals surface area (Å²) in [6.07, 6.45) is 7.35. The molecule has 1 N–H and O–H groups in total. The highest BCUT2D eigenvalue weighted by Crippen LogP contribution is 2.33. The summed E-state index contributed by atoms with van der Waals surface area (Å²) in [6.45, 7) is 3.62. The Hall–Kier alpha value is -1.63. The molecule has 4 amide bonds. The van der Waals surface area contributed by atoms with Crippen LogP contribution in [0.5, 0.6) is 0 Å². The Labute approximate surface area is 148 Å². The predicted molar refractivity (Wildman–Crippen MR) is 91.9 cm³/mol. The van der Waals surface area contributed by atoms with Crippen LogP contribution in [0.25, 0.3) is 0 Å². The van der Waals surface area contributed by atoms with Crippen LogP contribution in [0.1, 0.15) is 51.4 Å². The number of nitrogens with one attached hydrogen (secondary N) is 1. The first-order valence-electron chi connectivity index (χ1n) is 9.75. The summed E-state index contributed by atoms with van der Waals surface area (Å²) >= 11 is 0. The number of nitrogens with zero attached hydrogens (tertiary/aromatic N) is 3. The summed E-state index contributed by atoms with van der Waals surface area (Å²) < 4.78 is 0. The molecule has 7 heteroatoms. The van der Waals surface area contributed by atoms with Gasteiger partial charge >= 0.3 is 6.03 Å². The van der Waals surface area contributed by atoms with E-state index in [4.69, 9.17) is 0 Å². The lowest BCUT2D eigenvalue weighted by Gasteiger charge is -2.35. The Kier molecular flexibility index (Phi) is 4.43. The van der Waals surface area contributed by atoms with Gasteiger partial charge in [-0.3, -0.25) is 19.4 Å². The molecule has 25 heavy (non-hydrogen) atoms. The fraction of sp³-hybridized carbons (Fsp3) is 0.833. The minimum absolute atomic E-state index is 0.0561. The molecule has 2 aliphatic carbocycles. The van der Waals surface area contributed by atoms with Crippen LogP contribution in [0.2, 0.25) is 0 Å². The normalized spacial score (nSPS) is 27.0. The molecular weight excluding hydrogens is 320 g/mol. The van der Waals surface area contributed by atoms with Crippen molar-refractivity contribution in [3.63, 3.8) is 0 Å². The number of urea groups is 1. The molecule has 2 heterocycles. The summed E-state index contributed by atoms with van der Waals surface area (Å²) in [4.78, 5) is 43.0. The average Bonchev–Trinajstić information content (AvgIpc) is 3.44. The largest absolute Gasteiger partial charge is 0.340 e. The third kappa shape index (κ3) is 3.26. The van der Waals surface area contributed by atoms with E-state index < -0.39 is 5.54 Å². The summed E-state index contributed by atoms with van der Waals surface area (Å²) in [6, 6.07) is 0.424.